The van der Waals surface area contributed by atoms with Crippen molar-refractivity contribution < 1.29 is 9.66 Å². The maximum Gasteiger partial charge on any atom is 0.269 e. The molecule has 0 fully saturated rings. The average Bonchev–Trinajstić information content (AvgIpc) is 2.41. The Bertz CT molecular complexity index is 550. The molecule has 2 rings (SSSR count). The summed E-state index contributed by atoms with van der Waals surface area (Å²) in [5.74, 6) is 0.630. The Hall–Kier alpha value is -2.43. The number of hydrogen-bond donors (Lipinski definition) is 0. The fraction of sp³-hybridized carbons (Fsp3) is 0.214. The molecule has 0 unspecified atom stereocenters. The summed E-state index contributed by atoms with van der Waals surface area (Å²) in [7, 11) is 0. The van der Waals surface area contributed by atoms with Crippen LogP contribution in [0.25, 0.3) is 0 Å². The number of non-ortho nitro benzene ring substituents is 1. The van der Waals surface area contributed by atoms with E-state index in [0.717, 1.165) is 17.7 Å². The average molecular weight is 258 g/mol. The lowest BCUT2D eigenvalue weighted by Gasteiger charge is -2.06. The number of aromatic nitrogens is 1. The van der Waals surface area contributed by atoms with E-state index in [1.54, 1.807) is 12.1 Å². The number of ether oxygens (including phenoxy) is 1. The van der Waals surface area contributed by atoms with E-state index in [-0.39, 0.29) is 5.69 Å². The van der Waals surface area contributed by atoms with Gasteiger partial charge in [0.15, 0.2) is 0 Å². The Balaban J connectivity index is 1.85. The molecule has 0 aliphatic heterocycles. The van der Waals surface area contributed by atoms with Crippen LogP contribution in [0, 0.1) is 17.0 Å². The molecule has 19 heavy (non-hydrogen) atoms. The summed E-state index contributed by atoms with van der Waals surface area (Å²) in [4.78, 5) is 14.3. The van der Waals surface area contributed by atoms with E-state index in [4.69, 9.17) is 4.74 Å². The zero-order valence-electron chi connectivity index (χ0n) is 10.6. The second kappa shape index (κ2) is 5.95. The van der Waals surface area contributed by atoms with Crippen molar-refractivity contribution in [3.63, 3.8) is 0 Å². The molecule has 0 aliphatic rings. The number of rotatable bonds is 5. The molecular weight excluding hydrogens is 244 g/mol. The Morgan fingerprint density at radius 2 is 1.95 bits per heavy atom. The molecular formula is C14H14N2O3. The van der Waals surface area contributed by atoms with Crippen molar-refractivity contribution in [3.8, 4) is 5.75 Å². The summed E-state index contributed by atoms with van der Waals surface area (Å²) >= 11 is 0. The first-order valence-corrected chi connectivity index (χ1v) is 5.94. The lowest BCUT2D eigenvalue weighted by molar-refractivity contribution is -0.384. The fourth-order valence-corrected chi connectivity index (χ4v) is 1.60. The van der Waals surface area contributed by atoms with Gasteiger partial charge in [0.25, 0.3) is 5.69 Å². The van der Waals surface area contributed by atoms with Gasteiger partial charge >= 0.3 is 0 Å². The second-order valence-electron chi connectivity index (χ2n) is 4.16. The number of pyridine rings is 1. The van der Waals surface area contributed by atoms with E-state index in [9.17, 15) is 10.1 Å². The minimum Gasteiger partial charge on any atom is -0.493 e. The second-order valence-corrected chi connectivity index (χ2v) is 4.16. The highest BCUT2D eigenvalue weighted by molar-refractivity contribution is 5.36. The number of benzene rings is 1. The third kappa shape index (κ3) is 3.77. The zero-order chi connectivity index (χ0) is 13.7. The lowest BCUT2D eigenvalue weighted by Crippen LogP contribution is -2.02. The molecule has 0 radical (unpaired) electrons. The fourth-order valence-electron chi connectivity index (χ4n) is 1.60. The summed E-state index contributed by atoms with van der Waals surface area (Å²) in [6.45, 7) is 2.46. The summed E-state index contributed by atoms with van der Waals surface area (Å²) in [6, 6.07) is 10.0. The van der Waals surface area contributed by atoms with Crippen molar-refractivity contribution in [3.05, 3.63) is 64.0 Å². The van der Waals surface area contributed by atoms with Gasteiger partial charge in [0.2, 0.25) is 0 Å². The Morgan fingerprint density at radius 1 is 1.21 bits per heavy atom. The number of nitro groups is 1. The van der Waals surface area contributed by atoms with Crippen LogP contribution in [0.3, 0.4) is 0 Å². The van der Waals surface area contributed by atoms with Gasteiger partial charge in [-0.05, 0) is 30.7 Å². The molecule has 1 aromatic carbocycles. The van der Waals surface area contributed by atoms with E-state index >= 15 is 0 Å². The van der Waals surface area contributed by atoms with Gasteiger partial charge in [-0.2, -0.15) is 0 Å². The quantitative estimate of drug-likeness (QED) is 0.611. The van der Waals surface area contributed by atoms with Gasteiger partial charge in [0, 0.05) is 30.4 Å². The molecule has 0 spiro atoms. The molecule has 0 N–H and O–H groups in total. The summed E-state index contributed by atoms with van der Waals surface area (Å²) < 4.78 is 5.52. The SMILES string of the molecule is Cc1ccc(CCOc2ccc([N+](=O)[O-])cc2)cn1. The van der Waals surface area contributed by atoms with E-state index in [1.165, 1.54) is 12.1 Å². The molecule has 0 saturated carbocycles. The Labute approximate surface area is 111 Å². The van der Waals surface area contributed by atoms with E-state index in [1.807, 2.05) is 25.3 Å². The third-order valence-electron chi connectivity index (χ3n) is 2.68. The van der Waals surface area contributed by atoms with Gasteiger partial charge < -0.3 is 4.74 Å². The summed E-state index contributed by atoms with van der Waals surface area (Å²) in [5, 5.41) is 10.5. The first-order valence-electron chi connectivity index (χ1n) is 5.94. The first-order chi connectivity index (χ1) is 9.15. The Kier molecular flexibility index (Phi) is 4.07. The Morgan fingerprint density at radius 3 is 2.53 bits per heavy atom. The molecule has 1 aromatic heterocycles. The van der Waals surface area contributed by atoms with Crippen molar-refractivity contribution in [1.29, 1.82) is 0 Å². The zero-order valence-corrected chi connectivity index (χ0v) is 10.6. The lowest BCUT2D eigenvalue weighted by atomic mass is 10.2. The van der Waals surface area contributed by atoms with Gasteiger partial charge in [0.05, 0.1) is 11.5 Å². The van der Waals surface area contributed by atoms with Crippen LogP contribution in [-0.4, -0.2) is 16.5 Å². The van der Waals surface area contributed by atoms with Gasteiger partial charge in [-0.25, -0.2) is 0 Å². The van der Waals surface area contributed by atoms with Crippen LogP contribution in [-0.2, 0) is 6.42 Å². The molecule has 0 saturated heterocycles. The molecule has 5 nitrogen and oxygen atoms in total. The molecule has 2 aromatic rings. The number of nitro benzene ring substituents is 1. The highest BCUT2D eigenvalue weighted by Crippen LogP contribution is 2.17. The molecule has 0 amide bonds. The van der Waals surface area contributed by atoms with Crippen LogP contribution in [0.1, 0.15) is 11.3 Å². The molecule has 5 heteroatoms. The highest BCUT2D eigenvalue weighted by Gasteiger charge is 2.04. The monoisotopic (exact) mass is 258 g/mol. The van der Waals surface area contributed by atoms with Crippen LogP contribution in [0.2, 0.25) is 0 Å². The van der Waals surface area contributed by atoms with E-state index < -0.39 is 4.92 Å². The number of nitrogens with zero attached hydrogens (tertiary/aromatic N) is 2. The minimum absolute atomic E-state index is 0.0649. The van der Waals surface area contributed by atoms with Crippen molar-refractivity contribution in [2.75, 3.05) is 6.61 Å². The van der Waals surface area contributed by atoms with Crippen molar-refractivity contribution in [2.45, 2.75) is 13.3 Å². The summed E-state index contributed by atoms with van der Waals surface area (Å²) in [6.07, 6.45) is 2.58. The van der Waals surface area contributed by atoms with Crippen molar-refractivity contribution >= 4 is 5.69 Å². The summed E-state index contributed by atoms with van der Waals surface area (Å²) in [5.41, 5.74) is 2.16. The molecule has 98 valence electrons. The maximum atomic E-state index is 10.5. The predicted molar refractivity (Wildman–Crippen MR) is 71.3 cm³/mol. The van der Waals surface area contributed by atoms with Crippen molar-refractivity contribution in [2.24, 2.45) is 0 Å². The van der Waals surface area contributed by atoms with Crippen molar-refractivity contribution in [1.82, 2.24) is 4.98 Å². The standard InChI is InChI=1S/C14H14N2O3/c1-11-2-3-12(10-15-11)8-9-19-14-6-4-13(5-7-14)16(17)18/h2-7,10H,8-9H2,1H3. The van der Waals surface area contributed by atoms with Gasteiger partial charge in [-0.15, -0.1) is 0 Å². The number of hydrogen-bond acceptors (Lipinski definition) is 4. The van der Waals surface area contributed by atoms with E-state index in [2.05, 4.69) is 4.98 Å². The minimum atomic E-state index is -0.429. The molecule has 0 bridgehead atoms. The van der Waals surface area contributed by atoms with E-state index in [0.29, 0.717) is 12.4 Å². The molecule has 1 heterocycles. The van der Waals surface area contributed by atoms with Gasteiger partial charge in [0.1, 0.15) is 5.75 Å². The number of aryl methyl sites for hydroxylation is 1. The molecule has 0 atom stereocenters. The first kappa shape index (κ1) is 13.0. The van der Waals surface area contributed by atoms with Gasteiger partial charge in [-0.3, -0.25) is 15.1 Å². The van der Waals surface area contributed by atoms with Crippen LogP contribution >= 0.6 is 0 Å². The largest absolute Gasteiger partial charge is 0.493 e. The van der Waals surface area contributed by atoms with Crippen LogP contribution in [0.4, 0.5) is 5.69 Å². The topological polar surface area (TPSA) is 65.3 Å². The predicted octanol–water partition coefficient (Wildman–Crippen LogP) is 2.92. The third-order valence-corrected chi connectivity index (χ3v) is 2.68. The van der Waals surface area contributed by atoms with Gasteiger partial charge in [-0.1, -0.05) is 6.07 Å². The highest BCUT2D eigenvalue weighted by atomic mass is 16.6. The maximum absolute atomic E-state index is 10.5. The van der Waals surface area contributed by atoms with Crippen LogP contribution in [0.15, 0.2) is 42.6 Å². The normalized spacial score (nSPS) is 10.2. The van der Waals surface area contributed by atoms with Crippen LogP contribution in [0.5, 0.6) is 5.75 Å². The van der Waals surface area contributed by atoms with Crippen LogP contribution < -0.4 is 4.74 Å². The molecule has 0 aliphatic carbocycles. The smallest absolute Gasteiger partial charge is 0.269 e.